The molecule has 0 amide bonds. The zero-order chi connectivity index (χ0) is 13.3. The smallest absolute Gasteiger partial charge is 0.319 e. The van der Waals surface area contributed by atoms with E-state index in [2.05, 4.69) is 35.8 Å². The Hall–Kier alpha value is -1.05. The van der Waals surface area contributed by atoms with Crippen molar-refractivity contribution in [2.24, 2.45) is 0 Å². The Balaban J connectivity index is 2.46. The molecule has 0 saturated carbocycles. The zero-order valence-electron chi connectivity index (χ0n) is 9.05. The van der Waals surface area contributed by atoms with Crippen LogP contribution in [-0.4, -0.2) is 22.3 Å². The van der Waals surface area contributed by atoms with Gasteiger partial charge in [0.25, 0.3) is 0 Å². The monoisotopic (exact) mass is 337 g/mol. The number of halogens is 4. The number of pyridine rings is 1. The van der Waals surface area contributed by atoms with E-state index in [0.717, 1.165) is 7.11 Å². The molecule has 0 atom stereocenters. The second-order valence-corrected chi connectivity index (χ2v) is 4.53. The SMILES string of the molecule is COC(F)(F)c1[nH]nc(-c2ccc(Cl)nc2)c1Br. The van der Waals surface area contributed by atoms with Crippen molar-refractivity contribution in [2.45, 2.75) is 6.11 Å². The van der Waals surface area contributed by atoms with E-state index in [1.54, 1.807) is 12.1 Å². The summed E-state index contributed by atoms with van der Waals surface area (Å²) in [5, 5.41) is 6.37. The highest BCUT2D eigenvalue weighted by atomic mass is 79.9. The minimum Gasteiger partial charge on any atom is -0.319 e. The number of H-pyrrole nitrogens is 1. The largest absolute Gasteiger partial charge is 0.400 e. The molecule has 0 aliphatic rings. The van der Waals surface area contributed by atoms with Crippen LogP contribution in [0.3, 0.4) is 0 Å². The number of hydrogen-bond acceptors (Lipinski definition) is 3. The van der Waals surface area contributed by atoms with Gasteiger partial charge in [-0.05, 0) is 28.1 Å². The number of nitrogens with zero attached hydrogens (tertiary/aromatic N) is 2. The predicted molar refractivity (Wildman–Crippen MR) is 65.4 cm³/mol. The Kier molecular flexibility index (Phi) is 3.65. The third-order valence-corrected chi connectivity index (χ3v) is 3.25. The summed E-state index contributed by atoms with van der Waals surface area (Å²) in [6.45, 7) is 0. The minimum atomic E-state index is -3.44. The van der Waals surface area contributed by atoms with Gasteiger partial charge in [-0.3, -0.25) is 5.10 Å². The molecular weight excluding hydrogens is 331 g/mol. The van der Waals surface area contributed by atoms with Crippen LogP contribution in [0.2, 0.25) is 5.15 Å². The lowest BCUT2D eigenvalue weighted by molar-refractivity contribution is -0.234. The zero-order valence-corrected chi connectivity index (χ0v) is 11.4. The van der Waals surface area contributed by atoms with Gasteiger partial charge in [-0.25, -0.2) is 4.98 Å². The van der Waals surface area contributed by atoms with Crippen LogP contribution in [-0.2, 0) is 10.8 Å². The number of hydrogen-bond donors (Lipinski definition) is 1. The number of alkyl halides is 2. The summed E-state index contributed by atoms with van der Waals surface area (Å²) in [6.07, 6.45) is -2.00. The van der Waals surface area contributed by atoms with Crippen LogP contribution < -0.4 is 0 Å². The van der Waals surface area contributed by atoms with Crippen molar-refractivity contribution >= 4 is 27.5 Å². The molecule has 4 nitrogen and oxygen atoms in total. The van der Waals surface area contributed by atoms with Crippen LogP contribution in [0, 0.1) is 0 Å². The van der Waals surface area contributed by atoms with Gasteiger partial charge in [0, 0.05) is 18.9 Å². The quantitative estimate of drug-likeness (QED) is 0.870. The molecule has 0 aliphatic carbocycles. The van der Waals surface area contributed by atoms with Gasteiger partial charge in [0.2, 0.25) is 0 Å². The first-order valence-electron chi connectivity index (χ1n) is 4.75. The van der Waals surface area contributed by atoms with Crippen LogP contribution in [0.15, 0.2) is 22.8 Å². The average Bonchev–Trinajstić information content (AvgIpc) is 2.73. The minimum absolute atomic E-state index is 0.124. The third-order valence-electron chi connectivity index (χ3n) is 2.26. The number of aromatic amines is 1. The van der Waals surface area contributed by atoms with Gasteiger partial charge in [-0.15, -0.1) is 0 Å². The van der Waals surface area contributed by atoms with Crippen LogP contribution in [0.25, 0.3) is 11.3 Å². The van der Waals surface area contributed by atoms with Crippen molar-refractivity contribution in [3.05, 3.63) is 33.6 Å². The summed E-state index contributed by atoms with van der Waals surface area (Å²) in [5.41, 5.74) is 0.418. The fraction of sp³-hybridized carbons (Fsp3) is 0.200. The lowest BCUT2D eigenvalue weighted by Gasteiger charge is -2.11. The highest BCUT2D eigenvalue weighted by Crippen LogP contribution is 2.37. The van der Waals surface area contributed by atoms with Gasteiger partial charge in [0.15, 0.2) is 0 Å². The highest BCUT2D eigenvalue weighted by Gasteiger charge is 2.37. The van der Waals surface area contributed by atoms with Crippen LogP contribution in [0.5, 0.6) is 0 Å². The van der Waals surface area contributed by atoms with E-state index >= 15 is 0 Å². The molecule has 96 valence electrons. The van der Waals surface area contributed by atoms with Gasteiger partial charge in [0.05, 0.1) is 4.47 Å². The van der Waals surface area contributed by atoms with Gasteiger partial charge in [0.1, 0.15) is 16.5 Å². The lowest BCUT2D eigenvalue weighted by atomic mass is 10.2. The fourth-order valence-electron chi connectivity index (χ4n) is 1.33. The van der Waals surface area contributed by atoms with Gasteiger partial charge in [-0.2, -0.15) is 13.9 Å². The predicted octanol–water partition coefficient (Wildman–Crippen LogP) is 3.58. The van der Waals surface area contributed by atoms with Crippen LogP contribution in [0.1, 0.15) is 5.69 Å². The molecule has 2 heterocycles. The normalized spacial score (nSPS) is 11.8. The maximum atomic E-state index is 13.4. The van der Waals surface area contributed by atoms with Crippen molar-refractivity contribution in [3.8, 4) is 11.3 Å². The van der Waals surface area contributed by atoms with E-state index in [1.165, 1.54) is 6.20 Å². The topological polar surface area (TPSA) is 50.8 Å². The molecule has 0 unspecified atom stereocenters. The summed E-state index contributed by atoms with van der Waals surface area (Å²) >= 11 is 8.72. The van der Waals surface area contributed by atoms with Gasteiger partial charge >= 0.3 is 6.11 Å². The van der Waals surface area contributed by atoms with Crippen LogP contribution >= 0.6 is 27.5 Å². The molecule has 0 bridgehead atoms. The first kappa shape index (κ1) is 13.4. The number of ether oxygens (including phenoxy) is 1. The standard InChI is InChI=1S/C10H7BrClF2N3O/c1-18-10(13,14)9-7(11)8(16-17-9)5-2-3-6(12)15-4-5/h2-4H,1H3,(H,16,17). The van der Waals surface area contributed by atoms with E-state index in [0.29, 0.717) is 16.4 Å². The summed E-state index contributed by atoms with van der Waals surface area (Å²) in [4.78, 5) is 3.86. The number of methoxy groups -OCH3 is 1. The van der Waals surface area contributed by atoms with E-state index in [1.807, 2.05) is 0 Å². The molecule has 2 rings (SSSR count). The van der Waals surface area contributed by atoms with Crippen molar-refractivity contribution in [1.29, 1.82) is 0 Å². The lowest BCUT2D eigenvalue weighted by Crippen LogP contribution is -2.16. The summed E-state index contributed by atoms with van der Waals surface area (Å²) in [6, 6.07) is 3.18. The Bertz CT molecular complexity index is 559. The molecule has 1 N–H and O–H groups in total. The van der Waals surface area contributed by atoms with Gasteiger partial charge < -0.3 is 4.74 Å². The maximum Gasteiger partial charge on any atom is 0.400 e. The Morgan fingerprint density at radius 2 is 2.17 bits per heavy atom. The summed E-state index contributed by atoms with van der Waals surface area (Å²) < 4.78 is 31.0. The molecule has 0 saturated heterocycles. The summed E-state index contributed by atoms with van der Waals surface area (Å²) in [5.74, 6) is 0. The molecule has 0 aliphatic heterocycles. The fourth-order valence-corrected chi connectivity index (χ4v) is 2.08. The first-order valence-corrected chi connectivity index (χ1v) is 5.92. The Morgan fingerprint density at radius 1 is 1.44 bits per heavy atom. The second-order valence-electron chi connectivity index (χ2n) is 3.35. The van der Waals surface area contributed by atoms with Gasteiger partial charge in [-0.1, -0.05) is 11.6 Å². The van der Waals surface area contributed by atoms with Crippen molar-refractivity contribution < 1.29 is 13.5 Å². The summed E-state index contributed by atoms with van der Waals surface area (Å²) in [7, 11) is 0.913. The molecule has 8 heteroatoms. The molecular formula is C10H7BrClF2N3O. The van der Waals surface area contributed by atoms with E-state index < -0.39 is 11.8 Å². The molecule has 0 radical (unpaired) electrons. The first-order chi connectivity index (χ1) is 8.45. The molecule has 2 aromatic rings. The number of rotatable bonds is 3. The number of aromatic nitrogens is 3. The highest BCUT2D eigenvalue weighted by molar-refractivity contribution is 9.10. The molecule has 0 spiro atoms. The molecule has 0 aromatic carbocycles. The van der Waals surface area contributed by atoms with Crippen molar-refractivity contribution in [1.82, 2.24) is 15.2 Å². The van der Waals surface area contributed by atoms with Crippen molar-refractivity contribution in [3.63, 3.8) is 0 Å². The van der Waals surface area contributed by atoms with E-state index in [9.17, 15) is 8.78 Å². The van der Waals surface area contributed by atoms with Crippen LogP contribution in [0.4, 0.5) is 8.78 Å². The maximum absolute atomic E-state index is 13.4. The van der Waals surface area contributed by atoms with Crippen molar-refractivity contribution in [2.75, 3.05) is 7.11 Å². The van der Waals surface area contributed by atoms with E-state index in [-0.39, 0.29) is 4.47 Å². The molecule has 2 aromatic heterocycles. The molecule has 18 heavy (non-hydrogen) atoms. The Morgan fingerprint density at radius 3 is 2.72 bits per heavy atom. The van der Waals surface area contributed by atoms with E-state index in [4.69, 9.17) is 11.6 Å². The second kappa shape index (κ2) is 4.91. The Labute approximate surface area is 114 Å². The number of nitrogens with one attached hydrogen (secondary N) is 1. The average molecular weight is 339 g/mol. The molecule has 0 fully saturated rings. The third kappa shape index (κ3) is 2.38.